The van der Waals surface area contributed by atoms with Gasteiger partial charge in [-0.3, -0.25) is 4.79 Å². The number of rotatable bonds is 6. The fourth-order valence-electron chi connectivity index (χ4n) is 4.79. The lowest BCUT2D eigenvalue weighted by molar-refractivity contribution is -0.157. The molecule has 1 N–H and O–H groups in total. The van der Waals surface area contributed by atoms with Crippen molar-refractivity contribution in [3.05, 3.63) is 23.8 Å². The predicted molar refractivity (Wildman–Crippen MR) is 98.1 cm³/mol. The van der Waals surface area contributed by atoms with Crippen LogP contribution in [0.5, 0.6) is 0 Å². The molecule has 1 spiro atoms. The summed E-state index contributed by atoms with van der Waals surface area (Å²) in [5.74, 6) is 0.0360. The van der Waals surface area contributed by atoms with E-state index in [4.69, 9.17) is 9.47 Å². The zero-order chi connectivity index (χ0) is 17.4. The van der Waals surface area contributed by atoms with Crippen LogP contribution in [-0.4, -0.2) is 44.9 Å². The normalized spacial score (nSPS) is 26.1. The second-order valence-corrected chi connectivity index (χ2v) is 7.54. The maximum Gasteiger partial charge on any atom is 0.252 e. The number of benzene rings is 1. The standard InChI is InChI=1S/C20H28N2O3/c1-3-25-18-12-17(20(18)8-4-9-20)21-15-5-6-16-14(11-15)7-10-22(16)19(23)13-24-2/h5-6,11,17-18,21H,3-4,7-10,12-13H2,1-2H3/t17-,18+/m1/s1. The van der Waals surface area contributed by atoms with Crippen molar-refractivity contribution in [1.29, 1.82) is 0 Å². The number of carbonyl (C=O) groups is 1. The van der Waals surface area contributed by atoms with Gasteiger partial charge in [0.15, 0.2) is 0 Å². The van der Waals surface area contributed by atoms with Gasteiger partial charge in [-0.05, 0) is 56.4 Å². The highest BCUT2D eigenvalue weighted by Crippen LogP contribution is 2.58. The van der Waals surface area contributed by atoms with Gasteiger partial charge in [-0.2, -0.15) is 0 Å². The summed E-state index contributed by atoms with van der Waals surface area (Å²) in [4.78, 5) is 14.0. The summed E-state index contributed by atoms with van der Waals surface area (Å²) >= 11 is 0. The molecule has 0 radical (unpaired) electrons. The van der Waals surface area contributed by atoms with E-state index in [1.807, 2.05) is 4.90 Å². The lowest BCUT2D eigenvalue weighted by Crippen LogP contribution is -2.64. The summed E-state index contributed by atoms with van der Waals surface area (Å²) < 4.78 is 10.9. The molecule has 2 aliphatic carbocycles. The molecular weight excluding hydrogens is 316 g/mol. The number of carbonyl (C=O) groups excluding carboxylic acids is 1. The van der Waals surface area contributed by atoms with Crippen LogP contribution < -0.4 is 10.2 Å². The van der Waals surface area contributed by atoms with Gasteiger partial charge in [-0.1, -0.05) is 6.42 Å². The van der Waals surface area contributed by atoms with Gasteiger partial charge in [0, 0.05) is 43.1 Å². The highest BCUT2D eigenvalue weighted by Gasteiger charge is 2.58. The molecule has 5 nitrogen and oxygen atoms in total. The number of ether oxygens (including phenoxy) is 2. The molecule has 2 saturated carbocycles. The Hall–Kier alpha value is -1.59. The van der Waals surface area contributed by atoms with Gasteiger partial charge in [0.25, 0.3) is 5.91 Å². The maximum absolute atomic E-state index is 12.1. The topological polar surface area (TPSA) is 50.8 Å². The molecule has 5 heteroatoms. The Labute approximate surface area is 149 Å². The average Bonchev–Trinajstić information content (AvgIpc) is 2.95. The SMILES string of the molecule is CCO[C@H]1C[C@@H](Nc2ccc3c(c2)CCN3C(=O)COC)C12CCC2. The minimum atomic E-state index is 0.0360. The van der Waals surface area contributed by atoms with E-state index in [0.717, 1.165) is 31.7 Å². The third-order valence-corrected chi connectivity index (χ3v) is 6.32. The van der Waals surface area contributed by atoms with E-state index in [-0.39, 0.29) is 12.5 Å². The highest BCUT2D eigenvalue weighted by molar-refractivity contribution is 5.96. The second-order valence-electron chi connectivity index (χ2n) is 7.54. The number of methoxy groups -OCH3 is 1. The van der Waals surface area contributed by atoms with E-state index >= 15 is 0 Å². The Morgan fingerprint density at radius 2 is 2.24 bits per heavy atom. The molecule has 1 aromatic rings. The molecule has 136 valence electrons. The number of nitrogens with zero attached hydrogens (tertiary/aromatic N) is 1. The van der Waals surface area contributed by atoms with Crippen molar-refractivity contribution >= 4 is 17.3 Å². The number of fused-ring (bicyclic) bond motifs is 1. The zero-order valence-corrected chi connectivity index (χ0v) is 15.2. The second kappa shape index (κ2) is 6.61. The van der Waals surface area contributed by atoms with Gasteiger partial charge in [0.2, 0.25) is 0 Å². The van der Waals surface area contributed by atoms with Crippen molar-refractivity contribution in [3.63, 3.8) is 0 Å². The van der Waals surface area contributed by atoms with Gasteiger partial charge in [0.05, 0.1) is 6.10 Å². The Bertz CT molecular complexity index is 656. The highest BCUT2D eigenvalue weighted by atomic mass is 16.5. The largest absolute Gasteiger partial charge is 0.382 e. The van der Waals surface area contributed by atoms with E-state index < -0.39 is 0 Å². The molecule has 1 heterocycles. The quantitative estimate of drug-likeness (QED) is 0.862. The van der Waals surface area contributed by atoms with E-state index in [9.17, 15) is 4.79 Å². The van der Waals surface area contributed by atoms with Crippen molar-refractivity contribution < 1.29 is 14.3 Å². The summed E-state index contributed by atoms with van der Waals surface area (Å²) in [6.07, 6.45) is 6.32. The van der Waals surface area contributed by atoms with Gasteiger partial charge in [-0.15, -0.1) is 0 Å². The van der Waals surface area contributed by atoms with Crippen LogP contribution >= 0.6 is 0 Å². The van der Waals surface area contributed by atoms with Crippen LogP contribution in [0.1, 0.15) is 38.2 Å². The van der Waals surface area contributed by atoms with Crippen LogP contribution in [0, 0.1) is 5.41 Å². The average molecular weight is 344 g/mol. The predicted octanol–water partition coefficient (Wildman–Crippen LogP) is 2.98. The molecule has 4 rings (SSSR count). The van der Waals surface area contributed by atoms with E-state index in [2.05, 4.69) is 30.4 Å². The van der Waals surface area contributed by atoms with Gasteiger partial charge in [0.1, 0.15) is 6.61 Å². The van der Waals surface area contributed by atoms with Gasteiger partial charge in [-0.25, -0.2) is 0 Å². The molecule has 0 aromatic heterocycles. The lowest BCUT2D eigenvalue weighted by Gasteiger charge is -2.61. The minimum absolute atomic E-state index is 0.0360. The number of hydrogen-bond acceptors (Lipinski definition) is 4. The fraction of sp³-hybridized carbons (Fsp3) is 0.650. The molecule has 25 heavy (non-hydrogen) atoms. The smallest absolute Gasteiger partial charge is 0.252 e. The molecule has 0 saturated heterocycles. The van der Waals surface area contributed by atoms with Crippen LogP contribution in [0.25, 0.3) is 0 Å². The third kappa shape index (κ3) is 2.74. The number of anilines is 2. The molecule has 1 aromatic carbocycles. The van der Waals surface area contributed by atoms with Crippen molar-refractivity contribution in [1.82, 2.24) is 0 Å². The molecule has 2 fully saturated rings. The Kier molecular flexibility index (Phi) is 4.46. The van der Waals surface area contributed by atoms with Crippen molar-refractivity contribution in [3.8, 4) is 0 Å². The molecule has 3 aliphatic rings. The molecular formula is C20H28N2O3. The summed E-state index contributed by atoms with van der Waals surface area (Å²) in [5, 5.41) is 3.75. The summed E-state index contributed by atoms with van der Waals surface area (Å²) in [6, 6.07) is 6.92. The molecule has 0 bridgehead atoms. The maximum atomic E-state index is 12.1. The van der Waals surface area contributed by atoms with E-state index in [0.29, 0.717) is 17.6 Å². The van der Waals surface area contributed by atoms with Crippen molar-refractivity contribution in [2.24, 2.45) is 5.41 Å². The first-order valence-electron chi connectivity index (χ1n) is 9.48. The van der Waals surface area contributed by atoms with Crippen molar-refractivity contribution in [2.45, 2.75) is 51.2 Å². The summed E-state index contributed by atoms with van der Waals surface area (Å²) in [6.45, 7) is 3.79. The lowest BCUT2D eigenvalue weighted by atomic mass is 9.51. The van der Waals surface area contributed by atoms with Crippen LogP contribution in [0.4, 0.5) is 11.4 Å². The first-order chi connectivity index (χ1) is 12.2. The van der Waals surface area contributed by atoms with E-state index in [1.165, 1.54) is 30.5 Å². The van der Waals surface area contributed by atoms with Gasteiger partial charge >= 0.3 is 0 Å². The molecule has 1 aliphatic heterocycles. The van der Waals surface area contributed by atoms with E-state index in [1.54, 1.807) is 7.11 Å². The van der Waals surface area contributed by atoms with Crippen LogP contribution in [0.2, 0.25) is 0 Å². The summed E-state index contributed by atoms with van der Waals surface area (Å²) in [7, 11) is 1.56. The number of amides is 1. The van der Waals surface area contributed by atoms with Crippen LogP contribution in [0.15, 0.2) is 18.2 Å². The van der Waals surface area contributed by atoms with Crippen molar-refractivity contribution in [2.75, 3.05) is 37.1 Å². The number of nitrogens with one attached hydrogen (secondary N) is 1. The molecule has 0 unspecified atom stereocenters. The first kappa shape index (κ1) is 16.9. The first-order valence-corrected chi connectivity index (χ1v) is 9.48. The third-order valence-electron chi connectivity index (χ3n) is 6.32. The Morgan fingerprint density at radius 1 is 1.40 bits per heavy atom. The van der Waals surface area contributed by atoms with Crippen LogP contribution in [-0.2, 0) is 20.7 Å². The van der Waals surface area contributed by atoms with Gasteiger partial charge < -0.3 is 19.7 Å². The summed E-state index contributed by atoms with van der Waals surface area (Å²) in [5.41, 5.74) is 3.81. The fourth-order valence-corrected chi connectivity index (χ4v) is 4.79. The van der Waals surface area contributed by atoms with Crippen LogP contribution in [0.3, 0.4) is 0 Å². The number of hydrogen-bond donors (Lipinski definition) is 1. The Balaban J connectivity index is 1.44. The monoisotopic (exact) mass is 344 g/mol. The molecule has 1 amide bonds. The minimum Gasteiger partial charge on any atom is -0.382 e. The Morgan fingerprint density at radius 3 is 2.92 bits per heavy atom. The zero-order valence-electron chi connectivity index (χ0n) is 15.2. The molecule has 2 atom stereocenters.